The van der Waals surface area contributed by atoms with Crippen molar-refractivity contribution in [2.75, 3.05) is 26.3 Å². The molecular weight excluding hydrogens is 414 g/mol. The number of nitrogens with one attached hydrogen (secondary N) is 2. The molecular formula is C24H30ClN3O3. The zero-order valence-electron chi connectivity index (χ0n) is 18.1. The molecule has 1 aliphatic rings. The summed E-state index contributed by atoms with van der Waals surface area (Å²) in [4.78, 5) is 27.8. The molecule has 2 aromatic carbocycles. The first-order valence-electron chi connectivity index (χ1n) is 10.6. The summed E-state index contributed by atoms with van der Waals surface area (Å²) >= 11 is 5.89. The Kier molecular flexibility index (Phi) is 8.46. The summed E-state index contributed by atoms with van der Waals surface area (Å²) in [6.45, 7) is 8.40. The highest BCUT2D eigenvalue weighted by molar-refractivity contribution is 6.30. The van der Waals surface area contributed by atoms with E-state index in [0.29, 0.717) is 17.1 Å². The van der Waals surface area contributed by atoms with E-state index in [2.05, 4.69) is 21.6 Å². The van der Waals surface area contributed by atoms with Crippen molar-refractivity contribution >= 4 is 23.4 Å². The van der Waals surface area contributed by atoms with Gasteiger partial charge in [0, 0.05) is 36.8 Å². The Balaban J connectivity index is 1.61. The number of hydrogen-bond acceptors (Lipinski definition) is 4. The lowest BCUT2D eigenvalue weighted by Crippen LogP contribution is -2.49. The molecule has 1 fully saturated rings. The minimum atomic E-state index is -0.630. The van der Waals surface area contributed by atoms with Crippen LogP contribution >= 0.6 is 11.6 Å². The van der Waals surface area contributed by atoms with Gasteiger partial charge in [0.2, 0.25) is 5.91 Å². The van der Waals surface area contributed by atoms with Crippen molar-refractivity contribution in [3.63, 3.8) is 0 Å². The highest BCUT2D eigenvalue weighted by Crippen LogP contribution is 2.14. The van der Waals surface area contributed by atoms with Gasteiger partial charge in [-0.05, 0) is 41.3 Å². The molecule has 1 saturated heterocycles. The van der Waals surface area contributed by atoms with Gasteiger partial charge in [0.05, 0.1) is 13.2 Å². The van der Waals surface area contributed by atoms with Crippen molar-refractivity contribution in [2.24, 2.45) is 5.92 Å². The van der Waals surface area contributed by atoms with Crippen molar-refractivity contribution in [3.8, 4) is 0 Å². The van der Waals surface area contributed by atoms with Crippen molar-refractivity contribution in [2.45, 2.75) is 33.0 Å². The maximum absolute atomic E-state index is 12.9. The van der Waals surface area contributed by atoms with E-state index in [1.165, 1.54) is 5.56 Å². The molecule has 2 aromatic rings. The predicted octanol–water partition coefficient (Wildman–Crippen LogP) is 3.24. The van der Waals surface area contributed by atoms with E-state index in [0.717, 1.165) is 38.4 Å². The van der Waals surface area contributed by atoms with E-state index in [1.54, 1.807) is 24.3 Å². The van der Waals surface area contributed by atoms with Gasteiger partial charge in [0.25, 0.3) is 5.91 Å². The molecule has 31 heavy (non-hydrogen) atoms. The average Bonchev–Trinajstić information content (AvgIpc) is 2.77. The summed E-state index contributed by atoms with van der Waals surface area (Å²) in [6, 6.07) is 14.1. The highest BCUT2D eigenvalue weighted by Gasteiger charge is 2.24. The topological polar surface area (TPSA) is 70.7 Å². The molecule has 0 unspecified atom stereocenters. The van der Waals surface area contributed by atoms with E-state index < -0.39 is 6.04 Å². The number of hydrogen-bond donors (Lipinski definition) is 2. The molecule has 0 aliphatic carbocycles. The van der Waals surface area contributed by atoms with E-state index in [-0.39, 0.29) is 17.7 Å². The van der Waals surface area contributed by atoms with Gasteiger partial charge in [-0.15, -0.1) is 0 Å². The van der Waals surface area contributed by atoms with Crippen LogP contribution in [0.2, 0.25) is 5.02 Å². The molecule has 0 bridgehead atoms. The second kappa shape index (κ2) is 11.3. The molecule has 1 heterocycles. The normalized spacial score (nSPS) is 15.5. The number of ether oxygens (including phenoxy) is 1. The third-order valence-electron chi connectivity index (χ3n) is 5.41. The fraction of sp³-hybridized carbons (Fsp3) is 0.417. The summed E-state index contributed by atoms with van der Waals surface area (Å²) in [6.07, 6.45) is 0. The lowest BCUT2D eigenvalue weighted by molar-refractivity contribution is -0.124. The summed E-state index contributed by atoms with van der Waals surface area (Å²) in [5.41, 5.74) is 2.74. The number of nitrogens with zero attached hydrogens (tertiary/aromatic N) is 1. The molecule has 1 atom stereocenters. The molecule has 1 aliphatic heterocycles. The minimum absolute atomic E-state index is 0.0557. The zero-order valence-corrected chi connectivity index (χ0v) is 18.8. The van der Waals surface area contributed by atoms with Crippen LogP contribution in [0.1, 0.15) is 35.3 Å². The fourth-order valence-corrected chi connectivity index (χ4v) is 3.66. The fourth-order valence-electron chi connectivity index (χ4n) is 3.54. The van der Waals surface area contributed by atoms with Crippen molar-refractivity contribution in [1.29, 1.82) is 0 Å². The van der Waals surface area contributed by atoms with Gasteiger partial charge in [-0.3, -0.25) is 14.5 Å². The molecule has 3 rings (SSSR count). The standard InChI is InChI=1S/C24H30ClN3O3/c1-17(2)22(27-23(29)18-7-9-21(25)10-8-18)24(30)26-15-19-5-3-4-6-20(19)16-28-11-13-31-14-12-28/h3-10,17,22H,11-16H2,1-2H3,(H,26,30)(H,27,29)/t22-/m0/s1. The largest absolute Gasteiger partial charge is 0.379 e. The number of rotatable bonds is 8. The van der Waals surface area contributed by atoms with Crippen LogP contribution in [-0.2, 0) is 22.6 Å². The number of morpholine rings is 1. The zero-order chi connectivity index (χ0) is 22.2. The maximum Gasteiger partial charge on any atom is 0.251 e. The van der Waals surface area contributed by atoms with Gasteiger partial charge in [0.15, 0.2) is 0 Å². The third-order valence-corrected chi connectivity index (χ3v) is 5.66. The summed E-state index contributed by atoms with van der Waals surface area (Å²) in [7, 11) is 0. The Hall–Kier alpha value is -2.41. The number of carbonyl (C=O) groups is 2. The average molecular weight is 444 g/mol. The lowest BCUT2D eigenvalue weighted by atomic mass is 10.0. The van der Waals surface area contributed by atoms with Crippen LogP contribution in [-0.4, -0.2) is 49.1 Å². The van der Waals surface area contributed by atoms with Crippen LogP contribution in [0.3, 0.4) is 0 Å². The SMILES string of the molecule is CC(C)[C@H](NC(=O)c1ccc(Cl)cc1)C(=O)NCc1ccccc1CN1CCOCC1. The van der Waals surface area contributed by atoms with Gasteiger partial charge >= 0.3 is 0 Å². The molecule has 7 heteroatoms. The van der Waals surface area contributed by atoms with Crippen molar-refractivity contribution in [3.05, 3.63) is 70.2 Å². The van der Waals surface area contributed by atoms with Gasteiger partial charge in [-0.1, -0.05) is 49.7 Å². The second-order valence-corrected chi connectivity index (χ2v) is 8.51. The summed E-state index contributed by atoms with van der Waals surface area (Å²) in [5, 5.41) is 6.42. The first kappa shape index (κ1) is 23.3. The van der Waals surface area contributed by atoms with Gasteiger partial charge < -0.3 is 15.4 Å². The second-order valence-electron chi connectivity index (χ2n) is 8.08. The van der Waals surface area contributed by atoms with Gasteiger partial charge in [-0.2, -0.15) is 0 Å². The highest BCUT2D eigenvalue weighted by atomic mass is 35.5. The van der Waals surface area contributed by atoms with Crippen LogP contribution < -0.4 is 10.6 Å². The predicted molar refractivity (Wildman–Crippen MR) is 122 cm³/mol. The minimum Gasteiger partial charge on any atom is -0.379 e. The van der Waals surface area contributed by atoms with Crippen molar-refractivity contribution in [1.82, 2.24) is 15.5 Å². The Bertz CT molecular complexity index is 880. The Morgan fingerprint density at radius 3 is 2.32 bits per heavy atom. The Morgan fingerprint density at radius 2 is 1.68 bits per heavy atom. The van der Waals surface area contributed by atoms with E-state index in [4.69, 9.17) is 16.3 Å². The molecule has 6 nitrogen and oxygen atoms in total. The molecule has 2 N–H and O–H groups in total. The van der Waals surface area contributed by atoms with E-state index >= 15 is 0 Å². The Morgan fingerprint density at radius 1 is 1.03 bits per heavy atom. The van der Waals surface area contributed by atoms with E-state index in [1.807, 2.05) is 32.0 Å². The Labute approximate surface area is 188 Å². The molecule has 166 valence electrons. The number of carbonyl (C=O) groups excluding carboxylic acids is 2. The number of benzene rings is 2. The van der Waals surface area contributed by atoms with Gasteiger partial charge in [0.1, 0.15) is 6.04 Å². The van der Waals surface area contributed by atoms with Crippen LogP contribution in [0.4, 0.5) is 0 Å². The monoisotopic (exact) mass is 443 g/mol. The molecule has 2 amide bonds. The lowest BCUT2D eigenvalue weighted by Gasteiger charge is -2.27. The van der Waals surface area contributed by atoms with Crippen LogP contribution in [0, 0.1) is 5.92 Å². The van der Waals surface area contributed by atoms with Crippen LogP contribution in [0.25, 0.3) is 0 Å². The first-order valence-corrected chi connectivity index (χ1v) is 11.0. The molecule has 0 aromatic heterocycles. The molecule has 0 radical (unpaired) electrons. The number of halogens is 1. The third kappa shape index (κ3) is 6.79. The van der Waals surface area contributed by atoms with E-state index in [9.17, 15) is 9.59 Å². The quantitative estimate of drug-likeness (QED) is 0.657. The van der Waals surface area contributed by atoms with Crippen molar-refractivity contribution < 1.29 is 14.3 Å². The summed E-state index contributed by atoms with van der Waals surface area (Å²) < 4.78 is 5.43. The molecule has 0 saturated carbocycles. The molecule has 0 spiro atoms. The number of amides is 2. The first-order chi connectivity index (χ1) is 14.9. The smallest absolute Gasteiger partial charge is 0.251 e. The maximum atomic E-state index is 12.9. The van der Waals surface area contributed by atoms with Gasteiger partial charge in [-0.25, -0.2) is 0 Å². The summed E-state index contributed by atoms with van der Waals surface area (Å²) in [5.74, 6) is -0.545. The van der Waals surface area contributed by atoms with Crippen LogP contribution in [0.15, 0.2) is 48.5 Å². The van der Waals surface area contributed by atoms with Crippen LogP contribution in [0.5, 0.6) is 0 Å².